The van der Waals surface area contributed by atoms with E-state index in [1.165, 1.54) is 44.3 Å². The summed E-state index contributed by atoms with van der Waals surface area (Å²) < 4.78 is 0. The van der Waals surface area contributed by atoms with Crippen LogP contribution in [-0.2, 0) is 0 Å². The predicted molar refractivity (Wildman–Crippen MR) is 81.0 cm³/mol. The lowest BCUT2D eigenvalue weighted by Gasteiger charge is -2.43. The molecule has 1 aliphatic heterocycles. The number of rotatable bonds is 8. The molecule has 0 aromatic rings. The van der Waals surface area contributed by atoms with Crippen LogP contribution < -0.4 is 5.32 Å². The molecule has 1 atom stereocenters. The first kappa shape index (κ1) is 15.7. The van der Waals surface area contributed by atoms with E-state index >= 15 is 0 Å². The summed E-state index contributed by atoms with van der Waals surface area (Å²) in [5.74, 6) is 0. The number of hydrogen-bond donors (Lipinski definition) is 1. The molecule has 1 aliphatic rings. The molecular formula is C16H32N2. The molecule has 2 nitrogen and oxygen atoms in total. The Kier molecular flexibility index (Phi) is 6.37. The van der Waals surface area contributed by atoms with Crippen molar-refractivity contribution < 1.29 is 0 Å². The van der Waals surface area contributed by atoms with Gasteiger partial charge in [-0.3, -0.25) is 4.90 Å². The monoisotopic (exact) mass is 252 g/mol. The summed E-state index contributed by atoms with van der Waals surface area (Å²) in [5, 5.41) is 3.76. The van der Waals surface area contributed by atoms with Crippen molar-refractivity contribution in [1.82, 2.24) is 10.2 Å². The lowest BCUT2D eigenvalue weighted by molar-refractivity contribution is 0.102. The van der Waals surface area contributed by atoms with Crippen molar-refractivity contribution in [1.29, 1.82) is 0 Å². The Hall–Kier alpha value is -0.340. The molecule has 1 rings (SSSR count). The third-order valence-electron chi connectivity index (χ3n) is 4.27. The highest BCUT2D eigenvalue weighted by atomic mass is 15.2. The average Bonchev–Trinajstić information content (AvgIpc) is 2.82. The molecule has 1 heterocycles. The lowest BCUT2D eigenvalue weighted by atomic mass is 9.88. The maximum atomic E-state index is 4.05. The number of hydrogen-bond acceptors (Lipinski definition) is 2. The van der Waals surface area contributed by atoms with Gasteiger partial charge in [-0.2, -0.15) is 0 Å². The van der Waals surface area contributed by atoms with Crippen LogP contribution in [0.15, 0.2) is 12.2 Å². The van der Waals surface area contributed by atoms with E-state index in [-0.39, 0.29) is 5.54 Å². The van der Waals surface area contributed by atoms with Crippen molar-refractivity contribution in [2.45, 2.75) is 71.4 Å². The second-order valence-corrected chi connectivity index (χ2v) is 6.35. The third kappa shape index (κ3) is 4.40. The van der Waals surface area contributed by atoms with Gasteiger partial charge in [0.05, 0.1) is 0 Å². The second-order valence-electron chi connectivity index (χ2n) is 6.35. The van der Waals surface area contributed by atoms with Gasteiger partial charge in [0.1, 0.15) is 0 Å². The topological polar surface area (TPSA) is 15.3 Å². The van der Waals surface area contributed by atoms with Gasteiger partial charge in [-0.1, -0.05) is 12.5 Å². The fourth-order valence-corrected chi connectivity index (χ4v) is 2.93. The highest BCUT2D eigenvalue weighted by Crippen LogP contribution is 2.27. The van der Waals surface area contributed by atoms with Crippen molar-refractivity contribution in [3.8, 4) is 0 Å². The summed E-state index contributed by atoms with van der Waals surface area (Å²) in [5.41, 5.74) is 1.57. The van der Waals surface area contributed by atoms with Crippen molar-refractivity contribution in [2.24, 2.45) is 0 Å². The number of allylic oxidation sites excluding steroid dienone is 1. The van der Waals surface area contributed by atoms with Gasteiger partial charge in [-0.15, -0.1) is 6.58 Å². The fourth-order valence-electron chi connectivity index (χ4n) is 2.93. The molecule has 0 saturated carbocycles. The van der Waals surface area contributed by atoms with Gasteiger partial charge in [0.25, 0.3) is 0 Å². The van der Waals surface area contributed by atoms with E-state index in [2.05, 4.69) is 44.5 Å². The summed E-state index contributed by atoms with van der Waals surface area (Å²) in [7, 11) is 0. The Balaban J connectivity index is 2.62. The minimum atomic E-state index is 0.265. The first-order valence-electron chi connectivity index (χ1n) is 7.61. The number of likely N-dealkylation sites (tertiary alicyclic amines) is 1. The third-order valence-corrected chi connectivity index (χ3v) is 4.27. The summed E-state index contributed by atoms with van der Waals surface area (Å²) in [6.07, 6.45) is 6.28. The number of nitrogens with one attached hydrogen (secondary N) is 1. The lowest BCUT2D eigenvalue weighted by Crippen LogP contribution is -2.57. The van der Waals surface area contributed by atoms with E-state index in [1.54, 1.807) is 0 Å². The smallest absolute Gasteiger partial charge is 0.0306 e. The Morgan fingerprint density at radius 2 is 1.94 bits per heavy atom. The molecule has 0 aromatic carbocycles. The quantitative estimate of drug-likeness (QED) is 0.664. The van der Waals surface area contributed by atoms with Crippen LogP contribution in [0.1, 0.15) is 59.8 Å². The number of nitrogens with zero attached hydrogens (tertiary/aromatic N) is 1. The van der Waals surface area contributed by atoms with E-state index < -0.39 is 0 Å². The summed E-state index contributed by atoms with van der Waals surface area (Å²) in [6.45, 7) is 16.9. The van der Waals surface area contributed by atoms with Gasteiger partial charge >= 0.3 is 0 Å². The van der Waals surface area contributed by atoms with Gasteiger partial charge in [0.15, 0.2) is 0 Å². The summed E-state index contributed by atoms with van der Waals surface area (Å²) in [6, 6.07) is 0.576. The van der Waals surface area contributed by atoms with E-state index in [1.807, 2.05) is 0 Å². The molecule has 2 heteroatoms. The Labute approximate surface area is 114 Å². The molecular weight excluding hydrogens is 220 g/mol. The zero-order valence-corrected chi connectivity index (χ0v) is 12.9. The molecule has 0 amide bonds. The minimum Gasteiger partial charge on any atom is -0.312 e. The van der Waals surface area contributed by atoms with Crippen molar-refractivity contribution >= 4 is 0 Å². The van der Waals surface area contributed by atoms with Crippen LogP contribution in [0.25, 0.3) is 0 Å². The SMILES string of the molecule is C=C(C)CCC(NCCC)C(C)(C)N1CCCC1. The Morgan fingerprint density at radius 3 is 2.44 bits per heavy atom. The van der Waals surface area contributed by atoms with E-state index in [0.717, 1.165) is 13.0 Å². The van der Waals surface area contributed by atoms with Crippen LogP contribution in [0.3, 0.4) is 0 Å². The highest BCUT2D eigenvalue weighted by Gasteiger charge is 2.35. The van der Waals surface area contributed by atoms with E-state index in [9.17, 15) is 0 Å². The zero-order valence-electron chi connectivity index (χ0n) is 12.9. The van der Waals surface area contributed by atoms with Crippen molar-refractivity contribution in [2.75, 3.05) is 19.6 Å². The van der Waals surface area contributed by atoms with Crippen LogP contribution in [0.2, 0.25) is 0 Å². The standard InChI is InChI=1S/C16H32N2/c1-6-11-17-15(10-9-14(2)3)16(4,5)18-12-7-8-13-18/h15,17H,2,6-13H2,1,3-5H3. The molecule has 0 aromatic heterocycles. The maximum Gasteiger partial charge on any atom is 0.0306 e. The molecule has 0 bridgehead atoms. The summed E-state index contributed by atoms with van der Waals surface area (Å²) in [4.78, 5) is 2.67. The molecule has 0 aliphatic carbocycles. The van der Waals surface area contributed by atoms with Crippen molar-refractivity contribution in [3.63, 3.8) is 0 Å². The summed E-state index contributed by atoms with van der Waals surface area (Å²) >= 11 is 0. The van der Waals surface area contributed by atoms with Gasteiger partial charge in [-0.05, 0) is 72.5 Å². The maximum absolute atomic E-state index is 4.05. The molecule has 0 spiro atoms. The fraction of sp³-hybridized carbons (Fsp3) is 0.875. The molecule has 1 N–H and O–H groups in total. The van der Waals surface area contributed by atoms with Gasteiger partial charge in [0, 0.05) is 11.6 Å². The first-order valence-corrected chi connectivity index (χ1v) is 7.61. The molecule has 106 valence electrons. The normalized spacial score (nSPS) is 19.1. The average molecular weight is 252 g/mol. The molecule has 1 fully saturated rings. The van der Waals surface area contributed by atoms with Crippen LogP contribution in [0.5, 0.6) is 0 Å². The van der Waals surface area contributed by atoms with Gasteiger partial charge in [-0.25, -0.2) is 0 Å². The van der Waals surface area contributed by atoms with Crippen LogP contribution >= 0.6 is 0 Å². The van der Waals surface area contributed by atoms with Crippen LogP contribution in [0, 0.1) is 0 Å². The van der Waals surface area contributed by atoms with Gasteiger partial charge in [0.2, 0.25) is 0 Å². The largest absolute Gasteiger partial charge is 0.312 e. The highest BCUT2D eigenvalue weighted by molar-refractivity contribution is 4.98. The second kappa shape index (κ2) is 7.30. The Bertz CT molecular complexity index is 252. The van der Waals surface area contributed by atoms with Crippen molar-refractivity contribution in [3.05, 3.63) is 12.2 Å². The Morgan fingerprint density at radius 1 is 1.33 bits per heavy atom. The molecule has 0 radical (unpaired) electrons. The van der Waals surface area contributed by atoms with Crippen LogP contribution in [-0.4, -0.2) is 36.1 Å². The predicted octanol–water partition coefficient (Wildman–Crippen LogP) is 3.59. The zero-order chi connectivity index (χ0) is 13.6. The van der Waals surface area contributed by atoms with Gasteiger partial charge < -0.3 is 5.32 Å². The molecule has 18 heavy (non-hydrogen) atoms. The molecule has 1 saturated heterocycles. The van der Waals surface area contributed by atoms with Crippen LogP contribution in [0.4, 0.5) is 0 Å². The van der Waals surface area contributed by atoms with E-state index in [4.69, 9.17) is 0 Å². The first-order chi connectivity index (χ1) is 8.48. The van der Waals surface area contributed by atoms with E-state index in [0.29, 0.717) is 6.04 Å². The molecule has 1 unspecified atom stereocenters. The minimum absolute atomic E-state index is 0.265.